The Morgan fingerprint density at radius 2 is 1.78 bits per heavy atom. The predicted octanol–water partition coefficient (Wildman–Crippen LogP) is 4.45. The number of rotatable bonds is 7. The number of hydrogen-bond donors (Lipinski definition) is 1. The molecule has 11 heteroatoms. The van der Waals surface area contributed by atoms with Gasteiger partial charge in [0.1, 0.15) is 29.9 Å². The third-order valence-electron chi connectivity index (χ3n) is 7.14. The van der Waals surface area contributed by atoms with Crippen LogP contribution in [0.3, 0.4) is 0 Å². The summed E-state index contributed by atoms with van der Waals surface area (Å²) in [4.78, 5) is 7.51. The van der Waals surface area contributed by atoms with Crippen molar-refractivity contribution >= 4 is 5.69 Å². The molecule has 0 saturated carbocycles. The van der Waals surface area contributed by atoms with Crippen LogP contribution in [0.5, 0.6) is 0 Å². The SMILES string of the molecule is C[C@@H](N1CCC(N(C)c2ccccc2C(F)(F)F)CC1)[C@](O)(Cn1cncn1)c1ccc(F)cc1F. The predicted molar refractivity (Wildman–Crippen MR) is 124 cm³/mol. The molecular weight excluding hydrogens is 481 g/mol. The lowest BCUT2D eigenvalue weighted by Gasteiger charge is -2.45. The highest BCUT2D eigenvalue weighted by atomic mass is 19.4. The van der Waals surface area contributed by atoms with Crippen molar-refractivity contribution in [3.05, 3.63) is 77.9 Å². The van der Waals surface area contributed by atoms with Crippen molar-refractivity contribution in [2.45, 2.75) is 50.2 Å². The Hall–Kier alpha value is -3.05. The molecule has 194 valence electrons. The van der Waals surface area contributed by atoms with Gasteiger partial charge in [-0.25, -0.2) is 18.4 Å². The molecule has 0 radical (unpaired) electrons. The van der Waals surface area contributed by atoms with Crippen LogP contribution < -0.4 is 4.90 Å². The van der Waals surface area contributed by atoms with E-state index in [2.05, 4.69) is 10.1 Å². The summed E-state index contributed by atoms with van der Waals surface area (Å²) in [5.74, 6) is -1.63. The summed E-state index contributed by atoms with van der Waals surface area (Å²) in [7, 11) is 1.66. The van der Waals surface area contributed by atoms with Crippen LogP contribution in [0.1, 0.15) is 30.9 Å². The van der Waals surface area contributed by atoms with Gasteiger partial charge in [0.25, 0.3) is 0 Å². The number of para-hydroxylation sites is 1. The molecule has 0 spiro atoms. The van der Waals surface area contributed by atoms with E-state index in [4.69, 9.17) is 0 Å². The zero-order chi connectivity index (χ0) is 26.1. The van der Waals surface area contributed by atoms with Crippen LogP contribution >= 0.6 is 0 Å². The third-order valence-corrected chi connectivity index (χ3v) is 7.14. The first-order valence-corrected chi connectivity index (χ1v) is 11.6. The Morgan fingerprint density at radius 3 is 2.39 bits per heavy atom. The minimum absolute atomic E-state index is 0.0646. The fourth-order valence-electron chi connectivity index (χ4n) is 5.02. The van der Waals surface area contributed by atoms with Gasteiger partial charge in [0.2, 0.25) is 0 Å². The number of benzene rings is 2. The molecule has 2 heterocycles. The number of likely N-dealkylation sites (tertiary alicyclic amines) is 1. The van der Waals surface area contributed by atoms with Crippen molar-refractivity contribution in [1.82, 2.24) is 19.7 Å². The van der Waals surface area contributed by atoms with Gasteiger partial charge in [-0.1, -0.05) is 18.2 Å². The molecule has 1 saturated heterocycles. The lowest BCUT2D eigenvalue weighted by atomic mass is 9.84. The van der Waals surface area contributed by atoms with Gasteiger partial charge in [-0.05, 0) is 38.0 Å². The second-order valence-electron chi connectivity index (χ2n) is 9.21. The van der Waals surface area contributed by atoms with Gasteiger partial charge in [0.15, 0.2) is 0 Å². The monoisotopic (exact) mass is 509 g/mol. The zero-order valence-electron chi connectivity index (χ0n) is 20.0. The van der Waals surface area contributed by atoms with Crippen molar-refractivity contribution in [1.29, 1.82) is 0 Å². The molecule has 0 amide bonds. The molecule has 2 atom stereocenters. The van der Waals surface area contributed by atoms with Crippen LogP contribution in [0.15, 0.2) is 55.1 Å². The maximum absolute atomic E-state index is 14.8. The molecule has 1 aliphatic heterocycles. The summed E-state index contributed by atoms with van der Waals surface area (Å²) in [5, 5.41) is 15.8. The molecule has 6 nitrogen and oxygen atoms in total. The average Bonchev–Trinajstić information content (AvgIpc) is 3.35. The summed E-state index contributed by atoms with van der Waals surface area (Å²) >= 11 is 0. The lowest BCUT2D eigenvalue weighted by molar-refractivity contribution is -0.137. The van der Waals surface area contributed by atoms with E-state index in [0.29, 0.717) is 25.9 Å². The number of alkyl halides is 3. The lowest BCUT2D eigenvalue weighted by Crippen LogP contribution is -2.55. The molecule has 1 fully saturated rings. The minimum atomic E-state index is -4.46. The van der Waals surface area contributed by atoms with Crippen LogP contribution in [0, 0.1) is 11.6 Å². The molecule has 4 rings (SSSR count). The molecule has 1 aromatic heterocycles. The number of anilines is 1. The van der Waals surface area contributed by atoms with Gasteiger partial charge in [-0.2, -0.15) is 18.3 Å². The highest BCUT2D eigenvalue weighted by Crippen LogP contribution is 2.38. The maximum Gasteiger partial charge on any atom is 0.418 e. The Morgan fingerprint density at radius 1 is 1.08 bits per heavy atom. The smallest absolute Gasteiger partial charge is 0.381 e. The Balaban J connectivity index is 1.54. The zero-order valence-corrected chi connectivity index (χ0v) is 20.0. The molecule has 0 bridgehead atoms. The molecular formula is C25H28F5N5O. The normalized spacial score (nSPS) is 18.1. The van der Waals surface area contributed by atoms with Crippen molar-refractivity contribution in [2.24, 2.45) is 0 Å². The van der Waals surface area contributed by atoms with Crippen LogP contribution in [0.25, 0.3) is 0 Å². The number of nitrogens with zero attached hydrogens (tertiary/aromatic N) is 5. The Kier molecular flexibility index (Phi) is 7.33. The first kappa shape index (κ1) is 26.0. The average molecular weight is 510 g/mol. The first-order chi connectivity index (χ1) is 17.0. The second-order valence-corrected chi connectivity index (χ2v) is 9.21. The van der Waals surface area contributed by atoms with Gasteiger partial charge in [-0.15, -0.1) is 0 Å². The fourth-order valence-corrected chi connectivity index (χ4v) is 5.02. The third kappa shape index (κ3) is 5.22. The van der Waals surface area contributed by atoms with E-state index < -0.39 is 35.0 Å². The van der Waals surface area contributed by atoms with Gasteiger partial charge in [0, 0.05) is 49.5 Å². The van der Waals surface area contributed by atoms with E-state index in [0.717, 1.165) is 18.2 Å². The van der Waals surface area contributed by atoms with Crippen LogP contribution in [0.2, 0.25) is 0 Å². The summed E-state index contributed by atoms with van der Waals surface area (Å²) in [6, 6.07) is 7.78. The second kappa shape index (κ2) is 10.1. The van der Waals surface area contributed by atoms with Crippen LogP contribution in [0.4, 0.5) is 27.6 Å². The van der Waals surface area contributed by atoms with Gasteiger partial charge in [0.05, 0.1) is 12.1 Å². The first-order valence-electron chi connectivity index (χ1n) is 11.6. The number of hydrogen-bond acceptors (Lipinski definition) is 5. The van der Waals surface area contributed by atoms with E-state index >= 15 is 0 Å². The summed E-state index contributed by atoms with van der Waals surface area (Å²) in [6.07, 6.45) is -0.682. The van der Waals surface area contributed by atoms with Crippen LogP contribution in [-0.4, -0.2) is 57.0 Å². The number of aromatic nitrogens is 3. The maximum atomic E-state index is 14.8. The van der Waals surface area contributed by atoms with E-state index in [1.807, 2.05) is 4.90 Å². The molecule has 2 aromatic carbocycles. The molecule has 36 heavy (non-hydrogen) atoms. The summed E-state index contributed by atoms with van der Waals surface area (Å²) < 4.78 is 70.4. The van der Waals surface area contributed by atoms with E-state index in [1.165, 1.54) is 35.5 Å². The topological polar surface area (TPSA) is 57.4 Å². The number of piperidine rings is 1. The molecule has 3 aromatic rings. The van der Waals surface area contributed by atoms with Crippen molar-refractivity contribution in [2.75, 3.05) is 25.0 Å². The standard InChI is InChI=1S/C25H28F5N5O/c1-17(24(36,14-35-16-31-15-32-35)20-8-7-18(26)13-22(20)27)34-11-9-19(10-12-34)33(2)23-6-4-3-5-21(23)25(28,29)30/h3-8,13,15-17,19,36H,9-12,14H2,1-2H3/t17-,24-/m1/s1. The minimum Gasteiger partial charge on any atom is -0.381 e. The summed E-state index contributed by atoms with van der Waals surface area (Å²) in [5.41, 5.74) is -2.40. The molecule has 0 unspecified atom stereocenters. The van der Waals surface area contributed by atoms with Gasteiger partial charge in [-0.3, -0.25) is 4.90 Å². The molecule has 1 aliphatic rings. The van der Waals surface area contributed by atoms with E-state index in [1.54, 1.807) is 24.9 Å². The Bertz CT molecular complexity index is 1160. The van der Waals surface area contributed by atoms with E-state index in [9.17, 15) is 27.1 Å². The van der Waals surface area contributed by atoms with E-state index in [-0.39, 0.29) is 23.8 Å². The fraction of sp³-hybridized carbons (Fsp3) is 0.440. The molecule has 0 aliphatic carbocycles. The summed E-state index contributed by atoms with van der Waals surface area (Å²) in [6.45, 7) is 2.57. The van der Waals surface area contributed by atoms with Gasteiger partial charge >= 0.3 is 6.18 Å². The molecule has 1 N–H and O–H groups in total. The quantitative estimate of drug-likeness (QED) is 0.477. The highest BCUT2D eigenvalue weighted by molar-refractivity contribution is 5.55. The van der Waals surface area contributed by atoms with Crippen molar-refractivity contribution in [3.8, 4) is 0 Å². The number of halogens is 5. The van der Waals surface area contributed by atoms with Crippen molar-refractivity contribution < 1.29 is 27.1 Å². The Labute approximate surface area is 206 Å². The van der Waals surface area contributed by atoms with Gasteiger partial charge < -0.3 is 10.0 Å². The highest BCUT2D eigenvalue weighted by Gasteiger charge is 2.43. The van der Waals surface area contributed by atoms with Crippen molar-refractivity contribution in [3.63, 3.8) is 0 Å². The van der Waals surface area contributed by atoms with Crippen LogP contribution in [-0.2, 0) is 18.3 Å². The number of aliphatic hydroxyl groups is 1. The largest absolute Gasteiger partial charge is 0.418 e.